The quantitative estimate of drug-likeness (QED) is 0.823. The zero-order valence-corrected chi connectivity index (χ0v) is 12.8. The van der Waals surface area contributed by atoms with Gasteiger partial charge in [-0.3, -0.25) is 0 Å². The van der Waals surface area contributed by atoms with Crippen LogP contribution in [0, 0.1) is 5.41 Å². The topological polar surface area (TPSA) is 74.2 Å². The Balaban J connectivity index is 2.76. The number of rotatable bonds is 7. The molecular formula is C14H27N3O2. The maximum absolute atomic E-state index is 5.99. The van der Waals surface area contributed by atoms with Gasteiger partial charge in [0.2, 0.25) is 11.7 Å². The van der Waals surface area contributed by atoms with E-state index >= 15 is 0 Å². The first-order valence-corrected chi connectivity index (χ1v) is 7.08. The summed E-state index contributed by atoms with van der Waals surface area (Å²) in [7, 11) is 0. The molecule has 2 unspecified atom stereocenters. The molecule has 19 heavy (non-hydrogen) atoms. The van der Waals surface area contributed by atoms with Gasteiger partial charge in [-0.15, -0.1) is 0 Å². The Bertz CT molecular complexity index is 371. The van der Waals surface area contributed by atoms with Gasteiger partial charge in [-0.2, -0.15) is 4.98 Å². The molecule has 0 radical (unpaired) electrons. The molecule has 110 valence electrons. The maximum Gasteiger partial charge on any atom is 0.228 e. The number of aromatic nitrogens is 2. The van der Waals surface area contributed by atoms with E-state index in [4.69, 9.17) is 15.0 Å². The second-order valence-corrected chi connectivity index (χ2v) is 6.00. The molecule has 5 nitrogen and oxygen atoms in total. The van der Waals surface area contributed by atoms with E-state index in [2.05, 4.69) is 37.8 Å². The van der Waals surface area contributed by atoms with Crippen molar-refractivity contribution in [3.63, 3.8) is 0 Å². The summed E-state index contributed by atoms with van der Waals surface area (Å²) in [5, 5.41) is 4.05. The van der Waals surface area contributed by atoms with Crippen LogP contribution in [0.3, 0.4) is 0 Å². The summed E-state index contributed by atoms with van der Waals surface area (Å²) in [6.45, 7) is 11.0. The monoisotopic (exact) mass is 269 g/mol. The highest BCUT2D eigenvalue weighted by atomic mass is 16.5. The van der Waals surface area contributed by atoms with Crippen LogP contribution < -0.4 is 5.73 Å². The second-order valence-electron chi connectivity index (χ2n) is 6.00. The van der Waals surface area contributed by atoms with Gasteiger partial charge in [-0.05, 0) is 18.8 Å². The smallest absolute Gasteiger partial charge is 0.228 e. The van der Waals surface area contributed by atoms with Gasteiger partial charge in [0, 0.05) is 19.1 Å². The summed E-state index contributed by atoms with van der Waals surface area (Å²) in [4.78, 5) is 4.44. The van der Waals surface area contributed by atoms with Crippen LogP contribution in [0.1, 0.15) is 65.3 Å². The molecule has 2 atom stereocenters. The fraction of sp³-hybridized carbons (Fsp3) is 0.857. The van der Waals surface area contributed by atoms with Crippen molar-refractivity contribution in [2.24, 2.45) is 11.1 Å². The van der Waals surface area contributed by atoms with Crippen LogP contribution in [-0.2, 0) is 11.2 Å². The first-order chi connectivity index (χ1) is 8.88. The van der Waals surface area contributed by atoms with Gasteiger partial charge in [-0.25, -0.2) is 0 Å². The van der Waals surface area contributed by atoms with E-state index < -0.39 is 0 Å². The predicted octanol–water partition coefficient (Wildman–Crippen LogP) is 2.86. The van der Waals surface area contributed by atoms with Crippen molar-refractivity contribution in [3.05, 3.63) is 11.7 Å². The van der Waals surface area contributed by atoms with Crippen LogP contribution in [-0.4, -0.2) is 22.8 Å². The van der Waals surface area contributed by atoms with Crippen LogP contribution in [0.15, 0.2) is 4.52 Å². The molecule has 0 aromatic carbocycles. The minimum Gasteiger partial charge on any atom is -0.370 e. The Hall–Kier alpha value is -0.940. The van der Waals surface area contributed by atoms with Crippen molar-refractivity contribution in [1.29, 1.82) is 0 Å². The van der Waals surface area contributed by atoms with E-state index in [0.29, 0.717) is 24.7 Å². The van der Waals surface area contributed by atoms with Crippen molar-refractivity contribution >= 4 is 0 Å². The standard InChI is InChI=1S/C14H27N3O2/c1-6-8-10(15)9-11-16-13(17-19-11)12(18-7-2)14(3,4)5/h10,12H,6-9,15H2,1-5H3. The molecular weight excluding hydrogens is 242 g/mol. The third-order valence-corrected chi connectivity index (χ3v) is 2.93. The Labute approximate surface area is 115 Å². The van der Waals surface area contributed by atoms with Crippen LogP contribution in [0.5, 0.6) is 0 Å². The Morgan fingerprint density at radius 3 is 2.53 bits per heavy atom. The molecule has 2 N–H and O–H groups in total. The zero-order chi connectivity index (χ0) is 14.5. The average molecular weight is 269 g/mol. The van der Waals surface area contributed by atoms with Crippen LogP contribution in [0.4, 0.5) is 0 Å². The molecule has 1 rings (SSSR count). The summed E-state index contributed by atoms with van der Waals surface area (Å²) in [5.41, 5.74) is 5.92. The lowest BCUT2D eigenvalue weighted by molar-refractivity contribution is -0.0203. The minimum atomic E-state index is -0.155. The lowest BCUT2D eigenvalue weighted by atomic mass is 9.88. The van der Waals surface area contributed by atoms with Gasteiger partial charge in [0.25, 0.3) is 0 Å². The molecule has 0 fully saturated rings. The predicted molar refractivity (Wildman–Crippen MR) is 74.7 cm³/mol. The summed E-state index contributed by atoms with van der Waals surface area (Å²) >= 11 is 0. The summed E-state index contributed by atoms with van der Waals surface area (Å²) in [6, 6.07) is 0.0819. The van der Waals surface area contributed by atoms with E-state index in [9.17, 15) is 0 Å². The normalized spacial score (nSPS) is 15.5. The number of ether oxygens (including phenoxy) is 1. The fourth-order valence-corrected chi connectivity index (χ4v) is 2.03. The highest BCUT2D eigenvalue weighted by molar-refractivity contribution is 4.97. The summed E-state index contributed by atoms with van der Waals surface area (Å²) in [5.74, 6) is 1.22. The van der Waals surface area contributed by atoms with Crippen molar-refractivity contribution in [1.82, 2.24) is 10.1 Å². The first kappa shape index (κ1) is 16.1. The zero-order valence-electron chi connectivity index (χ0n) is 12.8. The Morgan fingerprint density at radius 2 is 2.00 bits per heavy atom. The highest BCUT2D eigenvalue weighted by Gasteiger charge is 2.31. The van der Waals surface area contributed by atoms with Crippen LogP contribution >= 0.6 is 0 Å². The van der Waals surface area contributed by atoms with Gasteiger partial charge in [-0.1, -0.05) is 39.3 Å². The molecule has 1 aromatic heterocycles. The van der Waals surface area contributed by atoms with E-state index in [0.717, 1.165) is 12.8 Å². The number of nitrogens with zero attached hydrogens (tertiary/aromatic N) is 2. The molecule has 0 aliphatic carbocycles. The SMILES string of the molecule is CCCC(N)Cc1nc(C(OCC)C(C)(C)C)no1. The molecule has 0 aliphatic rings. The Morgan fingerprint density at radius 1 is 1.32 bits per heavy atom. The maximum atomic E-state index is 5.99. The summed E-state index contributed by atoms with van der Waals surface area (Å²) in [6.07, 6.45) is 2.50. The van der Waals surface area contributed by atoms with Gasteiger partial charge >= 0.3 is 0 Å². The largest absolute Gasteiger partial charge is 0.370 e. The molecule has 1 aromatic rings. The lowest BCUT2D eigenvalue weighted by Gasteiger charge is -2.27. The molecule has 5 heteroatoms. The molecule has 0 saturated carbocycles. The average Bonchev–Trinajstić information content (AvgIpc) is 2.72. The molecule has 0 saturated heterocycles. The number of nitrogens with two attached hydrogens (primary N) is 1. The van der Waals surface area contributed by atoms with Gasteiger partial charge in [0.15, 0.2) is 0 Å². The van der Waals surface area contributed by atoms with E-state index in [1.54, 1.807) is 0 Å². The van der Waals surface area contributed by atoms with E-state index in [-0.39, 0.29) is 17.6 Å². The van der Waals surface area contributed by atoms with Crippen LogP contribution in [0.25, 0.3) is 0 Å². The van der Waals surface area contributed by atoms with Crippen molar-refractivity contribution < 1.29 is 9.26 Å². The van der Waals surface area contributed by atoms with Crippen LogP contribution in [0.2, 0.25) is 0 Å². The van der Waals surface area contributed by atoms with E-state index in [1.807, 2.05) is 6.92 Å². The van der Waals surface area contributed by atoms with Gasteiger partial charge in [0.05, 0.1) is 0 Å². The highest BCUT2D eigenvalue weighted by Crippen LogP contribution is 2.34. The first-order valence-electron chi connectivity index (χ1n) is 7.08. The third kappa shape index (κ3) is 4.91. The Kier molecular flexibility index (Phi) is 5.94. The van der Waals surface area contributed by atoms with E-state index in [1.165, 1.54) is 0 Å². The molecule has 0 aliphatic heterocycles. The van der Waals surface area contributed by atoms with Gasteiger partial charge < -0.3 is 15.0 Å². The number of hydrogen-bond acceptors (Lipinski definition) is 5. The molecule has 0 spiro atoms. The number of hydrogen-bond donors (Lipinski definition) is 1. The van der Waals surface area contributed by atoms with Crippen molar-refractivity contribution in [2.45, 2.75) is 66.0 Å². The lowest BCUT2D eigenvalue weighted by Crippen LogP contribution is -2.24. The summed E-state index contributed by atoms with van der Waals surface area (Å²) < 4.78 is 11.0. The second kappa shape index (κ2) is 7.01. The minimum absolute atomic E-state index is 0.0668. The molecule has 0 amide bonds. The van der Waals surface area contributed by atoms with Crippen molar-refractivity contribution in [2.75, 3.05) is 6.61 Å². The fourth-order valence-electron chi connectivity index (χ4n) is 2.03. The van der Waals surface area contributed by atoms with Gasteiger partial charge in [0.1, 0.15) is 6.10 Å². The third-order valence-electron chi connectivity index (χ3n) is 2.93. The molecule has 1 heterocycles. The molecule has 0 bridgehead atoms. The van der Waals surface area contributed by atoms with Crippen molar-refractivity contribution in [3.8, 4) is 0 Å².